The zero-order valence-electron chi connectivity index (χ0n) is 13.5. The molecule has 1 aromatic rings. The molecular weight excluding hydrogens is 320 g/mol. The predicted molar refractivity (Wildman–Crippen MR) is 85.5 cm³/mol. The van der Waals surface area contributed by atoms with Crippen LogP contribution in [0.15, 0.2) is 17.2 Å². The van der Waals surface area contributed by atoms with Crippen LogP contribution in [0.5, 0.6) is 0 Å². The molecule has 1 aliphatic rings. The molecule has 0 saturated carbocycles. The fraction of sp³-hybridized carbons (Fsp3) is 0.643. The average Bonchev–Trinajstić information content (AvgIpc) is 2.90. The summed E-state index contributed by atoms with van der Waals surface area (Å²) in [5.41, 5.74) is 5.16. The Morgan fingerprint density at radius 1 is 1.48 bits per heavy atom. The second-order valence-electron chi connectivity index (χ2n) is 6.04. The highest BCUT2D eigenvalue weighted by Gasteiger charge is 2.34. The molecule has 0 atom stereocenters. The van der Waals surface area contributed by atoms with Gasteiger partial charge >= 0.3 is 0 Å². The Bertz CT molecular complexity index is 657. The summed E-state index contributed by atoms with van der Waals surface area (Å²) in [6, 6.07) is 1.29. The van der Waals surface area contributed by atoms with Crippen molar-refractivity contribution < 1.29 is 17.9 Å². The van der Waals surface area contributed by atoms with Crippen LogP contribution in [-0.2, 0) is 21.8 Å². The van der Waals surface area contributed by atoms with Gasteiger partial charge in [0.15, 0.2) is 0 Å². The molecular formula is C14H24N4O4S. The Balaban J connectivity index is 2.14. The van der Waals surface area contributed by atoms with Gasteiger partial charge in [0.05, 0.1) is 6.61 Å². The molecule has 9 heteroatoms. The van der Waals surface area contributed by atoms with Crippen molar-refractivity contribution in [2.75, 3.05) is 33.4 Å². The molecule has 1 amide bonds. The van der Waals surface area contributed by atoms with E-state index in [4.69, 9.17) is 10.5 Å². The number of piperidine rings is 1. The first-order chi connectivity index (χ1) is 10.8. The van der Waals surface area contributed by atoms with Crippen molar-refractivity contribution in [2.24, 2.45) is 18.2 Å². The van der Waals surface area contributed by atoms with E-state index in [0.29, 0.717) is 13.2 Å². The second-order valence-corrected chi connectivity index (χ2v) is 7.81. The topological polar surface area (TPSA) is 115 Å². The van der Waals surface area contributed by atoms with Crippen LogP contribution < -0.4 is 15.8 Å². The summed E-state index contributed by atoms with van der Waals surface area (Å²) in [5, 5.41) is 3.26. The van der Waals surface area contributed by atoms with Gasteiger partial charge < -0.3 is 20.4 Å². The molecule has 2 rings (SSSR count). The van der Waals surface area contributed by atoms with Gasteiger partial charge in [0.25, 0.3) is 5.91 Å². The highest BCUT2D eigenvalue weighted by molar-refractivity contribution is 7.89. The van der Waals surface area contributed by atoms with Crippen molar-refractivity contribution in [3.63, 3.8) is 0 Å². The van der Waals surface area contributed by atoms with Crippen LogP contribution in [0.25, 0.3) is 0 Å². The molecule has 23 heavy (non-hydrogen) atoms. The lowest BCUT2D eigenvalue weighted by molar-refractivity contribution is 0.0577. The molecule has 1 saturated heterocycles. The van der Waals surface area contributed by atoms with Crippen molar-refractivity contribution >= 4 is 15.9 Å². The number of ether oxygens (including phenoxy) is 1. The molecule has 0 aliphatic carbocycles. The number of hydrogen-bond donors (Lipinski definition) is 3. The quantitative estimate of drug-likeness (QED) is 0.612. The van der Waals surface area contributed by atoms with Crippen molar-refractivity contribution in [3.8, 4) is 0 Å². The van der Waals surface area contributed by atoms with E-state index in [-0.39, 0.29) is 16.0 Å². The van der Waals surface area contributed by atoms with Crippen LogP contribution in [0.3, 0.4) is 0 Å². The van der Waals surface area contributed by atoms with Gasteiger partial charge in [0.1, 0.15) is 10.6 Å². The third kappa shape index (κ3) is 4.11. The standard InChI is InChI=1S/C14H24N4O4S/c1-18-8-11(7-12(18)13(15)19)23(20,21)17-9-14(10-22-2)3-5-16-6-4-14/h7-8,16-17H,3-6,9-10H2,1-2H3,(H2,15,19). The molecule has 8 nitrogen and oxygen atoms in total. The Kier molecular flexibility index (Phi) is 5.45. The van der Waals surface area contributed by atoms with Gasteiger partial charge in [0, 0.05) is 32.3 Å². The van der Waals surface area contributed by atoms with Crippen molar-refractivity contribution in [1.82, 2.24) is 14.6 Å². The zero-order valence-corrected chi connectivity index (χ0v) is 14.3. The number of carbonyl (C=O) groups is 1. The van der Waals surface area contributed by atoms with Gasteiger partial charge in [0.2, 0.25) is 10.0 Å². The molecule has 4 N–H and O–H groups in total. The first kappa shape index (κ1) is 17.9. The molecule has 0 aromatic carbocycles. The first-order valence-corrected chi connectivity index (χ1v) is 8.93. The Morgan fingerprint density at radius 2 is 2.13 bits per heavy atom. The van der Waals surface area contributed by atoms with Crippen molar-refractivity contribution in [1.29, 1.82) is 0 Å². The molecule has 1 fully saturated rings. The maximum absolute atomic E-state index is 12.5. The minimum Gasteiger partial charge on any atom is -0.384 e. The van der Waals surface area contributed by atoms with Gasteiger partial charge in [-0.2, -0.15) is 0 Å². The lowest BCUT2D eigenvalue weighted by atomic mass is 9.80. The summed E-state index contributed by atoms with van der Waals surface area (Å²) in [7, 11) is -0.505. The largest absolute Gasteiger partial charge is 0.384 e. The predicted octanol–water partition coefficient (Wildman–Crippen LogP) is -0.581. The lowest BCUT2D eigenvalue weighted by Crippen LogP contribution is -2.47. The summed E-state index contributed by atoms with van der Waals surface area (Å²) in [6.07, 6.45) is 3.06. The smallest absolute Gasteiger partial charge is 0.265 e. The van der Waals surface area contributed by atoms with Gasteiger partial charge in [-0.15, -0.1) is 0 Å². The van der Waals surface area contributed by atoms with E-state index in [2.05, 4.69) is 10.0 Å². The van der Waals surface area contributed by atoms with E-state index in [0.717, 1.165) is 25.9 Å². The number of nitrogens with zero attached hydrogens (tertiary/aromatic N) is 1. The first-order valence-electron chi connectivity index (χ1n) is 7.45. The highest BCUT2D eigenvalue weighted by atomic mass is 32.2. The minimum atomic E-state index is -3.71. The third-order valence-corrected chi connectivity index (χ3v) is 5.66. The van der Waals surface area contributed by atoms with Gasteiger partial charge in [-0.05, 0) is 32.0 Å². The van der Waals surface area contributed by atoms with E-state index in [1.54, 1.807) is 14.2 Å². The minimum absolute atomic E-state index is 0.0373. The van der Waals surface area contributed by atoms with Gasteiger partial charge in [-0.25, -0.2) is 13.1 Å². The van der Waals surface area contributed by atoms with Crippen molar-refractivity contribution in [3.05, 3.63) is 18.0 Å². The fourth-order valence-corrected chi connectivity index (χ4v) is 4.12. The normalized spacial score (nSPS) is 18.0. The SMILES string of the molecule is COCC1(CNS(=O)(=O)c2cc(C(N)=O)n(C)c2)CCNCC1. The molecule has 0 spiro atoms. The summed E-state index contributed by atoms with van der Waals surface area (Å²) in [4.78, 5) is 11.3. The number of hydrogen-bond acceptors (Lipinski definition) is 5. The molecule has 0 bridgehead atoms. The van der Waals surface area contributed by atoms with Gasteiger partial charge in [-0.1, -0.05) is 0 Å². The second kappa shape index (κ2) is 7.00. The van der Waals surface area contributed by atoms with Crippen LogP contribution >= 0.6 is 0 Å². The molecule has 130 valence electrons. The number of nitrogens with one attached hydrogen (secondary N) is 2. The number of amides is 1. The summed E-state index contributed by atoms with van der Waals surface area (Å²) >= 11 is 0. The van der Waals surface area contributed by atoms with Crippen molar-refractivity contribution in [2.45, 2.75) is 17.7 Å². The number of sulfonamides is 1. The van der Waals surface area contributed by atoms with Crippen LogP contribution in [0.1, 0.15) is 23.3 Å². The van der Waals surface area contributed by atoms with E-state index >= 15 is 0 Å². The number of aryl methyl sites for hydroxylation is 1. The van der Waals surface area contributed by atoms with Crippen LogP contribution in [-0.4, -0.2) is 52.2 Å². The van der Waals surface area contributed by atoms with E-state index in [1.165, 1.54) is 16.8 Å². The zero-order chi connectivity index (χ0) is 17.1. The number of rotatable bonds is 7. The molecule has 1 aromatic heterocycles. The number of carbonyl (C=O) groups excluding carboxylic acids is 1. The summed E-state index contributed by atoms with van der Waals surface area (Å²) in [5.74, 6) is -0.664. The van der Waals surface area contributed by atoms with Gasteiger partial charge in [-0.3, -0.25) is 4.79 Å². The number of aromatic nitrogens is 1. The maximum atomic E-state index is 12.5. The van der Waals surface area contributed by atoms with E-state index < -0.39 is 15.9 Å². The fourth-order valence-electron chi connectivity index (χ4n) is 2.89. The number of nitrogens with two attached hydrogens (primary N) is 1. The Labute approximate surface area is 136 Å². The lowest BCUT2D eigenvalue weighted by Gasteiger charge is -2.37. The van der Waals surface area contributed by atoms with Crippen LogP contribution in [0.2, 0.25) is 0 Å². The molecule has 2 heterocycles. The van der Waals surface area contributed by atoms with Crippen LogP contribution in [0, 0.1) is 5.41 Å². The molecule has 1 aliphatic heterocycles. The summed E-state index contributed by atoms with van der Waals surface area (Å²) < 4.78 is 34.3. The molecule has 0 radical (unpaired) electrons. The van der Waals surface area contributed by atoms with E-state index in [1.807, 2.05) is 0 Å². The van der Waals surface area contributed by atoms with E-state index in [9.17, 15) is 13.2 Å². The third-order valence-electron chi connectivity index (χ3n) is 4.29. The Hall–Kier alpha value is -1.42. The summed E-state index contributed by atoms with van der Waals surface area (Å²) in [6.45, 7) is 2.47. The number of primary amides is 1. The number of methoxy groups -OCH3 is 1. The monoisotopic (exact) mass is 344 g/mol. The molecule has 0 unspecified atom stereocenters. The Morgan fingerprint density at radius 3 is 2.65 bits per heavy atom. The highest BCUT2D eigenvalue weighted by Crippen LogP contribution is 2.29. The average molecular weight is 344 g/mol. The van der Waals surface area contributed by atoms with Crippen LogP contribution in [0.4, 0.5) is 0 Å². The maximum Gasteiger partial charge on any atom is 0.265 e.